The molecule has 1 saturated carbocycles. The molecule has 12 heteroatoms. The van der Waals surface area contributed by atoms with Crippen LogP contribution in [0.3, 0.4) is 0 Å². The number of carbonyl (C=O) groups excluding carboxylic acids is 2. The molecule has 3 aromatic carbocycles. The largest absolute Gasteiger partial charge is 0.453 e. The maximum Gasteiger partial charge on any atom is 0.240 e. The van der Waals surface area contributed by atoms with E-state index in [4.69, 9.17) is 16.3 Å². The van der Waals surface area contributed by atoms with Crippen LogP contribution in [0.4, 0.5) is 20.2 Å². The summed E-state index contributed by atoms with van der Waals surface area (Å²) in [6, 6.07) is 13.0. The predicted molar refractivity (Wildman–Crippen MR) is 163 cm³/mol. The number of carbonyl (C=O) groups is 2. The van der Waals surface area contributed by atoms with Gasteiger partial charge in [0.15, 0.2) is 11.6 Å². The van der Waals surface area contributed by atoms with E-state index in [0.717, 1.165) is 22.8 Å². The van der Waals surface area contributed by atoms with Crippen LogP contribution in [0.5, 0.6) is 11.5 Å². The standard InChI is InChI=1S/C31H24ClF2N5O3.ClH/c1-17-11-22-25(12-21(17)18-15-36-39(2)16-18)35-10-7-27(22)42-28-13-23(32)26(14-24(28)34)38-30(41)31(8-9-31)29(40)37-20-5-3-19(33)4-6-20;/h3-7,10-16H,8-9H2,1-2H3,(H,37,40)(H,38,41);1H. The molecule has 1 aliphatic carbocycles. The molecule has 1 fully saturated rings. The number of pyridine rings is 1. The van der Waals surface area contributed by atoms with Gasteiger partial charge >= 0.3 is 0 Å². The molecule has 0 bridgehead atoms. The van der Waals surface area contributed by atoms with Gasteiger partial charge in [-0.3, -0.25) is 19.3 Å². The Morgan fingerprint density at radius 1 is 1.00 bits per heavy atom. The first-order valence-electron chi connectivity index (χ1n) is 13.1. The van der Waals surface area contributed by atoms with E-state index < -0.39 is 28.9 Å². The molecule has 2 N–H and O–H groups in total. The molecular weight excluding hydrogens is 599 g/mol. The number of hydrogen-bond acceptors (Lipinski definition) is 5. The lowest BCUT2D eigenvalue weighted by Crippen LogP contribution is -2.35. The van der Waals surface area contributed by atoms with Gasteiger partial charge in [-0.25, -0.2) is 8.78 Å². The van der Waals surface area contributed by atoms with Crippen LogP contribution in [0.2, 0.25) is 5.02 Å². The van der Waals surface area contributed by atoms with Crippen LogP contribution in [0.25, 0.3) is 22.0 Å². The Morgan fingerprint density at radius 3 is 2.40 bits per heavy atom. The summed E-state index contributed by atoms with van der Waals surface area (Å²) in [6.07, 6.45) is 5.87. The summed E-state index contributed by atoms with van der Waals surface area (Å²) >= 11 is 6.42. The lowest BCUT2D eigenvalue weighted by Gasteiger charge is -2.17. The van der Waals surface area contributed by atoms with Crippen molar-refractivity contribution in [2.45, 2.75) is 19.8 Å². The van der Waals surface area contributed by atoms with Crippen molar-refractivity contribution in [2.75, 3.05) is 10.6 Å². The SMILES string of the molecule is Cc1cc2c(Oc3cc(Cl)c(NC(=O)C4(C(=O)Nc5ccc(F)cc5)CC4)cc3F)ccnc2cc1-c1cnn(C)c1.Cl. The molecule has 0 unspecified atom stereocenters. The second-order valence-electron chi connectivity index (χ2n) is 10.3. The molecule has 2 heterocycles. The Hall–Kier alpha value is -4.54. The minimum Gasteiger partial charge on any atom is -0.453 e. The first kappa shape index (κ1) is 29.9. The number of anilines is 2. The van der Waals surface area contributed by atoms with E-state index in [0.29, 0.717) is 35.2 Å². The van der Waals surface area contributed by atoms with Crippen LogP contribution < -0.4 is 15.4 Å². The van der Waals surface area contributed by atoms with Crippen molar-refractivity contribution < 1.29 is 23.1 Å². The molecule has 8 nitrogen and oxygen atoms in total. The van der Waals surface area contributed by atoms with E-state index in [-0.39, 0.29) is 28.9 Å². The predicted octanol–water partition coefficient (Wildman–Crippen LogP) is 7.45. The van der Waals surface area contributed by atoms with Crippen molar-refractivity contribution in [3.8, 4) is 22.6 Å². The highest BCUT2D eigenvalue weighted by atomic mass is 35.5. The average Bonchev–Trinajstić information content (AvgIpc) is 3.67. The molecule has 6 rings (SSSR count). The third-order valence-electron chi connectivity index (χ3n) is 7.27. The van der Waals surface area contributed by atoms with Crippen LogP contribution in [0.15, 0.2) is 73.2 Å². The van der Waals surface area contributed by atoms with E-state index in [2.05, 4.69) is 20.7 Å². The molecule has 2 aromatic heterocycles. The van der Waals surface area contributed by atoms with Crippen molar-refractivity contribution in [2.24, 2.45) is 12.5 Å². The van der Waals surface area contributed by atoms with Gasteiger partial charge in [-0.05, 0) is 73.4 Å². The zero-order valence-electron chi connectivity index (χ0n) is 23.0. The fraction of sp³-hybridized carbons (Fsp3) is 0.161. The van der Waals surface area contributed by atoms with Gasteiger partial charge in [0.2, 0.25) is 11.8 Å². The number of aryl methyl sites for hydroxylation is 2. The van der Waals surface area contributed by atoms with Crippen LogP contribution in [0.1, 0.15) is 18.4 Å². The van der Waals surface area contributed by atoms with Crippen LogP contribution in [-0.2, 0) is 16.6 Å². The van der Waals surface area contributed by atoms with E-state index in [9.17, 15) is 14.0 Å². The van der Waals surface area contributed by atoms with Gasteiger partial charge < -0.3 is 15.4 Å². The van der Waals surface area contributed by atoms with Crippen molar-refractivity contribution in [3.05, 3.63) is 95.4 Å². The van der Waals surface area contributed by atoms with E-state index in [1.807, 2.05) is 32.3 Å². The zero-order chi connectivity index (χ0) is 29.6. The van der Waals surface area contributed by atoms with Gasteiger partial charge in [-0.15, -0.1) is 12.4 Å². The average molecular weight is 624 g/mol. The Morgan fingerprint density at radius 2 is 1.72 bits per heavy atom. The van der Waals surface area contributed by atoms with Crippen LogP contribution in [0, 0.1) is 24.0 Å². The maximum atomic E-state index is 15.3. The number of ether oxygens (including phenoxy) is 1. The minimum absolute atomic E-state index is 0. The number of hydrogen-bond donors (Lipinski definition) is 2. The number of benzene rings is 3. The second kappa shape index (κ2) is 11.6. The Kier molecular flexibility index (Phi) is 8.09. The van der Waals surface area contributed by atoms with Gasteiger partial charge in [0, 0.05) is 48.2 Å². The maximum absolute atomic E-state index is 15.3. The zero-order valence-corrected chi connectivity index (χ0v) is 24.5. The molecule has 1 aliphatic rings. The van der Waals surface area contributed by atoms with Crippen molar-refractivity contribution in [1.29, 1.82) is 0 Å². The molecule has 5 aromatic rings. The minimum atomic E-state index is -1.33. The summed E-state index contributed by atoms with van der Waals surface area (Å²) < 4.78 is 36.1. The Bertz CT molecular complexity index is 1870. The highest BCUT2D eigenvalue weighted by molar-refractivity contribution is 6.34. The first-order chi connectivity index (χ1) is 20.1. The van der Waals surface area contributed by atoms with Gasteiger partial charge in [0.25, 0.3) is 0 Å². The molecule has 0 radical (unpaired) electrons. The smallest absolute Gasteiger partial charge is 0.240 e. The van der Waals surface area contributed by atoms with E-state index in [1.165, 1.54) is 30.3 Å². The number of nitrogens with one attached hydrogen (secondary N) is 2. The van der Waals surface area contributed by atoms with Crippen molar-refractivity contribution in [3.63, 3.8) is 0 Å². The van der Waals surface area contributed by atoms with E-state index in [1.54, 1.807) is 23.1 Å². The second-order valence-corrected chi connectivity index (χ2v) is 10.7. The van der Waals surface area contributed by atoms with Gasteiger partial charge in [0.05, 0.1) is 22.4 Å². The van der Waals surface area contributed by atoms with Crippen molar-refractivity contribution in [1.82, 2.24) is 14.8 Å². The molecule has 0 atom stereocenters. The summed E-state index contributed by atoms with van der Waals surface area (Å²) in [7, 11) is 1.84. The summed E-state index contributed by atoms with van der Waals surface area (Å²) in [4.78, 5) is 30.4. The van der Waals surface area contributed by atoms with Gasteiger partial charge in [0.1, 0.15) is 17.0 Å². The molecule has 0 aliphatic heterocycles. The Labute approximate surface area is 256 Å². The summed E-state index contributed by atoms with van der Waals surface area (Å²) in [5.74, 6) is -2.12. The Balaban J connectivity index is 0.00000368. The summed E-state index contributed by atoms with van der Waals surface area (Å²) in [6.45, 7) is 1.96. The number of nitrogens with zero attached hydrogens (tertiary/aromatic N) is 3. The lowest BCUT2D eigenvalue weighted by atomic mass is 10.0. The fourth-order valence-corrected chi connectivity index (χ4v) is 4.97. The number of amides is 2. The first-order valence-corrected chi connectivity index (χ1v) is 13.4. The third kappa shape index (κ3) is 5.89. The fourth-order valence-electron chi connectivity index (χ4n) is 4.77. The van der Waals surface area contributed by atoms with Crippen LogP contribution in [-0.4, -0.2) is 26.6 Å². The van der Waals surface area contributed by atoms with E-state index >= 15 is 4.39 Å². The highest BCUT2D eigenvalue weighted by Gasteiger charge is 2.56. The van der Waals surface area contributed by atoms with Gasteiger partial charge in [-0.1, -0.05) is 11.6 Å². The topological polar surface area (TPSA) is 98.1 Å². The number of aromatic nitrogens is 3. The molecule has 0 spiro atoms. The molecule has 220 valence electrons. The molecule has 2 amide bonds. The normalized spacial score (nSPS) is 13.2. The summed E-state index contributed by atoms with van der Waals surface area (Å²) in [5.41, 5.74) is 2.56. The number of halogens is 4. The van der Waals surface area contributed by atoms with Crippen molar-refractivity contribution >= 4 is 58.1 Å². The van der Waals surface area contributed by atoms with Gasteiger partial charge in [-0.2, -0.15) is 5.10 Å². The lowest BCUT2D eigenvalue weighted by molar-refractivity contribution is -0.131. The van der Waals surface area contributed by atoms with Crippen LogP contribution >= 0.6 is 24.0 Å². The molecule has 0 saturated heterocycles. The number of rotatable bonds is 7. The highest BCUT2D eigenvalue weighted by Crippen LogP contribution is 2.48. The quantitative estimate of drug-likeness (QED) is 0.184. The number of fused-ring (bicyclic) bond motifs is 1. The molecule has 43 heavy (non-hydrogen) atoms. The monoisotopic (exact) mass is 623 g/mol. The molecular formula is C31H25Cl2F2N5O3. The third-order valence-corrected chi connectivity index (χ3v) is 7.59. The summed E-state index contributed by atoms with van der Waals surface area (Å²) in [5, 5.41) is 10.2.